The minimum Gasteiger partial charge on any atom is -0.406 e. The second-order valence-electron chi connectivity index (χ2n) is 8.04. The number of nitrogens with one attached hydrogen (secondary N) is 1. The first-order chi connectivity index (χ1) is 13.7. The van der Waals surface area contributed by atoms with Crippen LogP contribution in [0.5, 0.6) is 5.75 Å². The van der Waals surface area contributed by atoms with Gasteiger partial charge in [-0.3, -0.25) is 19.3 Å². The van der Waals surface area contributed by atoms with Gasteiger partial charge in [-0.2, -0.15) is 0 Å². The molecule has 4 aliphatic carbocycles. The zero-order chi connectivity index (χ0) is 20.5. The van der Waals surface area contributed by atoms with Crippen molar-refractivity contribution in [2.45, 2.75) is 12.8 Å². The van der Waals surface area contributed by atoms with E-state index in [0.29, 0.717) is 11.8 Å². The standard InChI is InChI=1S/C20H17F3N2O4/c21-20(22,23)29-10-3-1-9(2-4-10)24-15(26)8-25-18(27)16-11-5-6-12(14-7-13(11)14)17(16)19(25)28/h1-6,11-14,16-17H,7-8H2,(H,24,26)/t11-,12-,13-,14-,16+,17+/m0/s1. The summed E-state index contributed by atoms with van der Waals surface area (Å²) < 4.78 is 40.4. The normalized spacial score (nSPS) is 34.1. The Bertz CT molecular complexity index is 891. The summed E-state index contributed by atoms with van der Waals surface area (Å²) in [6.07, 6.45) is 0.371. The molecule has 6 rings (SSSR count). The number of hydrogen-bond acceptors (Lipinski definition) is 4. The zero-order valence-electron chi connectivity index (χ0n) is 15.1. The number of nitrogens with zero attached hydrogens (tertiary/aromatic N) is 1. The first-order valence-electron chi connectivity index (χ1n) is 9.42. The van der Waals surface area contributed by atoms with Crippen LogP contribution < -0.4 is 10.1 Å². The summed E-state index contributed by atoms with van der Waals surface area (Å²) in [5.74, 6) is -1.20. The number of likely N-dealkylation sites (tertiary alicyclic amines) is 1. The summed E-state index contributed by atoms with van der Waals surface area (Å²) in [7, 11) is 0. The predicted molar refractivity (Wildman–Crippen MR) is 93.2 cm³/mol. The number of ether oxygens (including phenoxy) is 1. The molecule has 5 aliphatic rings. The van der Waals surface area contributed by atoms with E-state index >= 15 is 0 Å². The van der Waals surface area contributed by atoms with Crippen molar-refractivity contribution in [2.24, 2.45) is 35.5 Å². The molecule has 6 nitrogen and oxygen atoms in total. The fourth-order valence-electron chi connectivity index (χ4n) is 5.26. The molecule has 0 unspecified atom stereocenters. The highest BCUT2D eigenvalue weighted by atomic mass is 19.4. The van der Waals surface area contributed by atoms with Crippen LogP contribution in [-0.2, 0) is 14.4 Å². The van der Waals surface area contributed by atoms with E-state index in [9.17, 15) is 27.6 Å². The lowest BCUT2D eigenvalue weighted by atomic mass is 9.63. The number of imide groups is 1. The Morgan fingerprint density at radius 2 is 1.59 bits per heavy atom. The number of halogens is 3. The number of carbonyl (C=O) groups excluding carboxylic acids is 3. The van der Waals surface area contributed by atoms with E-state index in [1.165, 1.54) is 12.1 Å². The van der Waals surface area contributed by atoms with Gasteiger partial charge in [0.25, 0.3) is 0 Å². The molecule has 1 heterocycles. The monoisotopic (exact) mass is 406 g/mol. The average Bonchev–Trinajstić information content (AvgIpc) is 3.43. The molecule has 1 aromatic carbocycles. The SMILES string of the molecule is O=C(CN1C(=O)[C@@H]2[C@H]3C=C[C@@H]([C@@H]4C[C@@H]34)[C@H]2C1=O)Nc1ccc(OC(F)(F)F)cc1. The van der Waals surface area contributed by atoms with Crippen LogP contribution in [0, 0.1) is 35.5 Å². The molecule has 2 saturated carbocycles. The number of carbonyl (C=O) groups is 3. The van der Waals surface area contributed by atoms with Crippen LogP contribution >= 0.6 is 0 Å². The smallest absolute Gasteiger partial charge is 0.406 e. The zero-order valence-corrected chi connectivity index (χ0v) is 15.1. The maximum atomic E-state index is 12.8. The van der Waals surface area contributed by atoms with Gasteiger partial charge in [-0.15, -0.1) is 13.2 Å². The first-order valence-corrected chi connectivity index (χ1v) is 9.42. The van der Waals surface area contributed by atoms with Gasteiger partial charge in [0.05, 0.1) is 11.8 Å². The molecule has 152 valence electrons. The fourth-order valence-corrected chi connectivity index (χ4v) is 5.26. The number of alkyl halides is 3. The third-order valence-electron chi connectivity index (χ3n) is 6.43. The Hall–Kier alpha value is -2.84. The van der Waals surface area contributed by atoms with Crippen molar-refractivity contribution < 1.29 is 32.3 Å². The Morgan fingerprint density at radius 1 is 1.03 bits per heavy atom. The van der Waals surface area contributed by atoms with Crippen LogP contribution in [0.3, 0.4) is 0 Å². The Kier molecular flexibility index (Phi) is 3.81. The van der Waals surface area contributed by atoms with Gasteiger partial charge < -0.3 is 10.1 Å². The summed E-state index contributed by atoms with van der Waals surface area (Å²) >= 11 is 0. The molecule has 0 aromatic heterocycles. The summed E-state index contributed by atoms with van der Waals surface area (Å²) in [5, 5.41) is 2.50. The third-order valence-corrected chi connectivity index (χ3v) is 6.43. The van der Waals surface area contributed by atoms with E-state index in [1.807, 2.05) is 0 Å². The maximum absolute atomic E-state index is 12.8. The third kappa shape index (κ3) is 2.99. The van der Waals surface area contributed by atoms with Gasteiger partial charge in [-0.05, 0) is 54.4 Å². The highest BCUT2D eigenvalue weighted by molar-refractivity contribution is 6.09. The van der Waals surface area contributed by atoms with Crippen molar-refractivity contribution >= 4 is 23.4 Å². The van der Waals surface area contributed by atoms with Gasteiger partial charge in [0.2, 0.25) is 17.7 Å². The van der Waals surface area contributed by atoms with Crippen molar-refractivity contribution in [3.8, 4) is 5.75 Å². The molecule has 1 aliphatic heterocycles. The van der Waals surface area contributed by atoms with E-state index < -0.39 is 24.6 Å². The minimum absolute atomic E-state index is 0.0840. The highest BCUT2D eigenvalue weighted by Crippen LogP contribution is 2.65. The van der Waals surface area contributed by atoms with Gasteiger partial charge in [-0.1, -0.05) is 12.2 Å². The second-order valence-corrected chi connectivity index (χ2v) is 8.04. The second kappa shape index (κ2) is 6.08. The Balaban J connectivity index is 1.24. The van der Waals surface area contributed by atoms with Crippen molar-refractivity contribution in [1.82, 2.24) is 4.90 Å². The van der Waals surface area contributed by atoms with Gasteiger partial charge in [-0.25, -0.2) is 0 Å². The summed E-state index contributed by atoms with van der Waals surface area (Å²) in [6, 6.07) is 4.65. The number of allylic oxidation sites excluding steroid dienone is 2. The summed E-state index contributed by atoms with van der Waals surface area (Å²) in [5.41, 5.74) is 0.240. The van der Waals surface area contributed by atoms with Crippen molar-refractivity contribution in [3.63, 3.8) is 0 Å². The molecule has 6 atom stereocenters. The van der Waals surface area contributed by atoms with E-state index in [1.54, 1.807) is 0 Å². The molecule has 0 radical (unpaired) electrons. The van der Waals surface area contributed by atoms with Gasteiger partial charge >= 0.3 is 6.36 Å². The number of rotatable bonds is 4. The molecule has 1 aromatic rings. The molecular weight excluding hydrogens is 389 g/mol. The topological polar surface area (TPSA) is 75.7 Å². The minimum atomic E-state index is -4.80. The quantitative estimate of drug-likeness (QED) is 0.616. The van der Waals surface area contributed by atoms with Crippen LogP contribution in [0.1, 0.15) is 6.42 Å². The van der Waals surface area contributed by atoms with Crippen molar-refractivity contribution in [2.75, 3.05) is 11.9 Å². The molecule has 29 heavy (non-hydrogen) atoms. The highest BCUT2D eigenvalue weighted by Gasteiger charge is 2.67. The lowest BCUT2D eigenvalue weighted by Crippen LogP contribution is -2.40. The summed E-state index contributed by atoms with van der Waals surface area (Å²) in [6.45, 7) is -0.403. The molecule has 2 bridgehead atoms. The van der Waals surface area contributed by atoms with Crippen molar-refractivity contribution in [3.05, 3.63) is 36.4 Å². The first kappa shape index (κ1) is 18.2. The molecule has 3 amide bonds. The van der Waals surface area contributed by atoms with Crippen LogP contribution in [0.15, 0.2) is 36.4 Å². The van der Waals surface area contributed by atoms with Gasteiger partial charge in [0.15, 0.2) is 0 Å². The van der Waals surface area contributed by atoms with Crippen LogP contribution in [-0.4, -0.2) is 35.5 Å². The average molecular weight is 406 g/mol. The lowest BCUT2D eigenvalue weighted by molar-refractivity contribution is -0.274. The van der Waals surface area contributed by atoms with Crippen LogP contribution in [0.2, 0.25) is 0 Å². The maximum Gasteiger partial charge on any atom is 0.573 e. The summed E-state index contributed by atoms with van der Waals surface area (Å²) in [4.78, 5) is 39.1. The molecule has 0 spiro atoms. The van der Waals surface area contributed by atoms with E-state index in [4.69, 9.17) is 0 Å². The predicted octanol–water partition coefficient (Wildman–Crippen LogP) is 2.58. The van der Waals surface area contributed by atoms with Gasteiger partial charge in [0, 0.05) is 5.69 Å². The number of amides is 3. The number of anilines is 1. The molecule has 9 heteroatoms. The molecule has 1 saturated heterocycles. The largest absolute Gasteiger partial charge is 0.573 e. The molecule has 1 N–H and O–H groups in total. The van der Waals surface area contributed by atoms with E-state index in [2.05, 4.69) is 22.2 Å². The Labute approximate surface area is 163 Å². The van der Waals surface area contributed by atoms with E-state index in [-0.39, 0.29) is 41.2 Å². The van der Waals surface area contributed by atoms with E-state index in [0.717, 1.165) is 23.5 Å². The lowest BCUT2D eigenvalue weighted by Gasteiger charge is -2.37. The van der Waals surface area contributed by atoms with Crippen molar-refractivity contribution in [1.29, 1.82) is 0 Å². The van der Waals surface area contributed by atoms with Crippen LogP contribution in [0.25, 0.3) is 0 Å². The van der Waals surface area contributed by atoms with Crippen LogP contribution in [0.4, 0.5) is 18.9 Å². The number of benzene rings is 1. The fraction of sp³-hybridized carbons (Fsp3) is 0.450. The molecule has 3 fully saturated rings. The number of hydrogen-bond donors (Lipinski definition) is 1. The Morgan fingerprint density at radius 3 is 2.10 bits per heavy atom. The van der Waals surface area contributed by atoms with Gasteiger partial charge in [0.1, 0.15) is 12.3 Å². The molecular formula is C20H17F3N2O4.